The van der Waals surface area contributed by atoms with Crippen molar-refractivity contribution in [3.63, 3.8) is 0 Å². The van der Waals surface area contributed by atoms with Crippen LogP contribution in [-0.4, -0.2) is 12.0 Å². The van der Waals surface area contributed by atoms with Crippen molar-refractivity contribution in [1.29, 1.82) is 0 Å². The molecule has 0 radical (unpaired) electrons. The van der Waals surface area contributed by atoms with Crippen LogP contribution in [0.3, 0.4) is 0 Å². The lowest BCUT2D eigenvalue weighted by atomic mass is 10.1. The van der Waals surface area contributed by atoms with E-state index in [0.29, 0.717) is 12.2 Å². The van der Waals surface area contributed by atoms with E-state index in [1.165, 1.54) is 12.1 Å². The summed E-state index contributed by atoms with van der Waals surface area (Å²) in [5.74, 6) is 0.217. The molecule has 1 N–H and O–H groups in total. The van der Waals surface area contributed by atoms with Gasteiger partial charge < -0.3 is 10.1 Å². The van der Waals surface area contributed by atoms with Gasteiger partial charge in [0.1, 0.15) is 11.6 Å². The number of nitrogens with one attached hydrogen (secondary N) is 1. The van der Waals surface area contributed by atoms with Crippen LogP contribution in [0.4, 0.5) is 4.39 Å². The van der Waals surface area contributed by atoms with Crippen molar-refractivity contribution < 1.29 is 13.9 Å². The predicted octanol–water partition coefficient (Wildman–Crippen LogP) is 5.01. The maximum Gasteiger partial charge on any atom is 0.261 e. The van der Waals surface area contributed by atoms with Crippen LogP contribution in [0.5, 0.6) is 5.75 Å². The summed E-state index contributed by atoms with van der Waals surface area (Å²) in [6, 6.07) is 19.6. The maximum atomic E-state index is 13.1. The van der Waals surface area contributed by atoms with Gasteiger partial charge in [0.05, 0.1) is 6.04 Å². The van der Waals surface area contributed by atoms with E-state index in [-0.39, 0.29) is 17.8 Å². The maximum absolute atomic E-state index is 13.1. The molecule has 0 saturated heterocycles. The van der Waals surface area contributed by atoms with Crippen molar-refractivity contribution in [2.24, 2.45) is 0 Å². The van der Waals surface area contributed by atoms with Gasteiger partial charge in [0.25, 0.3) is 5.91 Å². The number of amides is 1. The molecule has 0 saturated carbocycles. The molecule has 0 aliphatic heterocycles. The normalized spacial score (nSPS) is 13.2. The van der Waals surface area contributed by atoms with E-state index in [1.54, 1.807) is 12.1 Å². The second-order valence-corrected chi connectivity index (χ2v) is 6.27. The number of carbonyl (C=O) groups excluding carboxylic acids is 1. The first kappa shape index (κ1) is 17.9. The lowest BCUT2D eigenvalue weighted by molar-refractivity contribution is -0.128. The highest BCUT2D eigenvalue weighted by atomic mass is 19.1. The molecule has 0 unspecified atom stereocenters. The number of ether oxygens (including phenoxy) is 1. The second-order valence-electron chi connectivity index (χ2n) is 6.27. The van der Waals surface area contributed by atoms with E-state index >= 15 is 0 Å². The zero-order valence-corrected chi connectivity index (χ0v) is 14.9. The third-order valence-electron chi connectivity index (χ3n) is 4.41. The molecule has 4 heteroatoms. The van der Waals surface area contributed by atoms with Crippen molar-refractivity contribution in [3.05, 3.63) is 78.1 Å². The van der Waals surface area contributed by atoms with Crippen LogP contribution in [0.1, 0.15) is 31.9 Å². The highest BCUT2D eigenvalue weighted by molar-refractivity contribution is 5.89. The zero-order valence-electron chi connectivity index (χ0n) is 14.9. The van der Waals surface area contributed by atoms with Crippen molar-refractivity contribution >= 4 is 16.7 Å². The van der Waals surface area contributed by atoms with E-state index in [1.807, 2.05) is 56.3 Å². The number of carbonyl (C=O) groups is 1. The molecule has 0 bridgehead atoms. The quantitative estimate of drug-likeness (QED) is 0.678. The molecule has 0 aliphatic rings. The molecule has 1 amide bonds. The van der Waals surface area contributed by atoms with Gasteiger partial charge in [0, 0.05) is 5.39 Å². The van der Waals surface area contributed by atoms with Gasteiger partial charge >= 0.3 is 0 Å². The van der Waals surface area contributed by atoms with Crippen LogP contribution in [0, 0.1) is 5.82 Å². The molecule has 0 heterocycles. The summed E-state index contributed by atoms with van der Waals surface area (Å²) in [5, 5.41) is 5.00. The topological polar surface area (TPSA) is 38.3 Å². The lowest BCUT2D eigenvalue weighted by Gasteiger charge is -2.21. The van der Waals surface area contributed by atoms with Crippen LogP contribution < -0.4 is 10.1 Å². The zero-order chi connectivity index (χ0) is 18.5. The van der Waals surface area contributed by atoms with Crippen molar-refractivity contribution in [3.8, 4) is 5.75 Å². The third kappa shape index (κ3) is 4.02. The van der Waals surface area contributed by atoms with Gasteiger partial charge in [-0.15, -0.1) is 0 Å². The Morgan fingerprint density at radius 1 is 1.04 bits per heavy atom. The minimum absolute atomic E-state index is 0.183. The van der Waals surface area contributed by atoms with Gasteiger partial charge in [-0.05, 0) is 42.5 Å². The van der Waals surface area contributed by atoms with Crippen molar-refractivity contribution in [2.75, 3.05) is 0 Å². The van der Waals surface area contributed by atoms with Crippen molar-refractivity contribution in [1.82, 2.24) is 5.32 Å². The number of rotatable bonds is 6. The molecular weight excluding hydrogens is 329 g/mol. The average Bonchev–Trinajstić information content (AvgIpc) is 2.66. The standard InChI is InChI=1S/C22H22FNO2/c1-3-20(22(25)24-15(2)16-11-13-18(23)14-12-16)26-21-10-6-8-17-7-4-5-9-19(17)21/h4-15,20H,3H2,1-2H3,(H,24,25)/t15-,20-/m1/s1. The first-order valence-corrected chi connectivity index (χ1v) is 8.78. The number of hydrogen-bond acceptors (Lipinski definition) is 2. The summed E-state index contributed by atoms with van der Waals surface area (Å²) in [6.07, 6.45) is -0.0470. The fourth-order valence-electron chi connectivity index (χ4n) is 2.92. The van der Waals surface area contributed by atoms with Crippen LogP contribution in [0.15, 0.2) is 66.7 Å². The molecule has 3 nitrogen and oxygen atoms in total. The van der Waals surface area contributed by atoms with Crippen LogP contribution in [0.25, 0.3) is 10.8 Å². The number of benzene rings is 3. The summed E-state index contributed by atoms with van der Waals surface area (Å²) in [4.78, 5) is 12.7. The van der Waals surface area contributed by atoms with Gasteiger partial charge in [0.15, 0.2) is 6.10 Å². The Morgan fingerprint density at radius 2 is 1.73 bits per heavy atom. The van der Waals surface area contributed by atoms with Crippen molar-refractivity contribution in [2.45, 2.75) is 32.4 Å². The molecular formula is C22H22FNO2. The monoisotopic (exact) mass is 351 g/mol. The Morgan fingerprint density at radius 3 is 2.46 bits per heavy atom. The molecule has 3 rings (SSSR count). The molecule has 0 aliphatic carbocycles. The SMILES string of the molecule is CC[C@@H](Oc1cccc2ccccc12)C(=O)N[C@H](C)c1ccc(F)cc1. The Hall–Kier alpha value is -2.88. The summed E-state index contributed by atoms with van der Waals surface area (Å²) in [7, 11) is 0. The Labute approximate surface area is 152 Å². The summed E-state index contributed by atoms with van der Waals surface area (Å²) in [6.45, 7) is 3.79. The average molecular weight is 351 g/mol. The molecule has 0 aromatic heterocycles. The molecule has 2 atom stereocenters. The minimum atomic E-state index is -0.594. The first-order chi connectivity index (χ1) is 12.6. The van der Waals surface area contributed by atoms with Gasteiger partial charge in [-0.1, -0.05) is 55.5 Å². The fourth-order valence-corrected chi connectivity index (χ4v) is 2.92. The molecule has 0 spiro atoms. The highest BCUT2D eigenvalue weighted by Crippen LogP contribution is 2.26. The smallest absolute Gasteiger partial charge is 0.261 e. The Bertz CT molecular complexity index is 887. The number of hydrogen-bond donors (Lipinski definition) is 1. The van der Waals surface area contributed by atoms with E-state index < -0.39 is 6.10 Å². The van der Waals surface area contributed by atoms with Gasteiger partial charge in [0.2, 0.25) is 0 Å². The van der Waals surface area contributed by atoms with Gasteiger partial charge in [-0.2, -0.15) is 0 Å². The Kier molecular flexibility index (Phi) is 5.52. The molecule has 26 heavy (non-hydrogen) atoms. The third-order valence-corrected chi connectivity index (χ3v) is 4.41. The van der Waals surface area contributed by atoms with Crippen LogP contribution in [-0.2, 0) is 4.79 Å². The van der Waals surface area contributed by atoms with E-state index in [2.05, 4.69) is 5.32 Å². The minimum Gasteiger partial charge on any atom is -0.480 e. The Balaban J connectivity index is 1.73. The highest BCUT2D eigenvalue weighted by Gasteiger charge is 2.21. The first-order valence-electron chi connectivity index (χ1n) is 8.78. The fraction of sp³-hybridized carbons (Fsp3) is 0.227. The van der Waals surface area contributed by atoms with E-state index in [0.717, 1.165) is 16.3 Å². The van der Waals surface area contributed by atoms with Gasteiger partial charge in [-0.25, -0.2) is 4.39 Å². The lowest BCUT2D eigenvalue weighted by Crippen LogP contribution is -2.39. The summed E-state index contributed by atoms with van der Waals surface area (Å²) in [5.41, 5.74) is 0.847. The second kappa shape index (κ2) is 8.00. The molecule has 134 valence electrons. The summed E-state index contributed by atoms with van der Waals surface area (Å²) < 4.78 is 19.1. The van der Waals surface area contributed by atoms with E-state index in [9.17, 15) is 9.18 Å². The molecule has 3 aromatic rings. The van der Waals surface area contributed by atoms with Gasteiger partial charge in [-0.3, -0.25) is 4.79 Å². The predicted molar refractivity (Wildman–Crippen MR) is 102 cm³/mol. The van der Waals surface area contributed by atoms with E-state index in [4.69, 9.17) is 4.74 Å². The van der Waals surface area contributed by atoms with Crippen LogP contribution in [0.2, 0.25) is 0 Å². The number of halogens is 1. The molecule has 3 aromatic carbocycles. The van der Waals surface area contributed by atoms with Crippen LogP contribution >= 0.6 is 0 Å². The largest absolute Gasteiger partial charge is 0.480 e. The molecule has 0 fully saturated rings. The number of fused-ring (bicyclic) bond motifs is 1. The summed E-state index contributed by atoms with van der Waals surface area (Å²) >= 11 is 0.